The highest BCUT2D eigenvalue weighted by molar-refractivity contribution is 6.01. The van der Waals surface area contributed by atoms with Crippen molar-refractivity contribution in [2.45, 2.75) is 38.8 Å². The maximum atomic E-state index is 14.1. The fourth-order valence-corrected chi connectivity index (χ4v) is 5.51. The molecular formula is C30H32N2O4. The Balaban J connectivity index is 1.62. The van der Waals surface area contributed by atoms with Crippen molar-refractivity contribution in [1.29, 1.82) is 0 Å². The Morgan fingerprint density at radius 2 is 1.61 bits per heavy atom. The molecule has 6 nitrogen and oxygen atoms in total. The SMILES string of the molecule is CCOc1cc2c(cc1OCC)[C@H]1[C@@H](C(=O)N(C)Cc3ccccc3)c3ccccc3C(=O)N1CC2. The van der Waals surface area contributed by atoms with E-state index in [0.717, 1.165) is 22.3 Å². The van der Waals surface area contributed by atoms with Gasteiger partial charge in [-0.2, -0.15) is 0 Å². The summed E-state index contributed by atoms with van der Waals surface area (Å²) in [6, 6.07) is 21.1. The van der Waals surface area contributed by atoms with E-state index in [2.05, 4.69) is 0 Å². The summed E-state index contributed by atoms with van der Waals surface area (Å²) in [6.07, 6.45) is 0.701. The van der Waals surface area contributed by atoms with E-state index in [0.29, 0.717) is 49.8 Å². The topological polar surface area (TPSA) is 59.1 Å². The Morgan fingerprint density at radius 3 is 2.33 bits per heavy atom. The van der Waals surface area contributed by atoms with Crippen LogP contribution < -0.4 is 9.47 Å². The number of amides is 2. The maximum Gasteiger partial charge on any atom is 0.254 e. The van der Waals surface area contributed by atoms with Crippen LogP contribution in [0.2, 0.25) is 0 Å². The van der Waals surface area contributed by atoms with Gasteiger partial charge in [-0.05, 0) is 60.7 Å². The van der Waals surface area contributed by atoms with E-state index < -0.39 is 12.0 Å². The number of hydrogen-bond donors (Lipinski definition) is 0. The second-order valence-electron chi connectivity index (χ2n) is 9.30. The Kier molecular flexibility index (Phi) is 6.68. The van der Waals surface area contributed by atoms with Gasteiger partial charge < -0.3 is 19.3 Å². The van der Waals surface area contributed by atoms with Crippen molar-refractivity contribution in [3.63, 3.8) is 0 Å². The molecule has 0 radical (unpaired) electrons. The number of rotatable bonds is 7. The summed E-state index contributed by atoms with van der Waals surface area (Å²) in [5, 5.41) is 0. The molecule has 0 spiro atoms. The van der Waals surface area contributed by atoms with Gasteiger partial charge in [0.25, 0.3) is 5.91 Å². The third-order valence-corrected chi connectivity index (χ3v) is 7.09. The number of ether oxygens (including phenoxy) is 2. The van der Waals surface area contributed by atoms with Crippen molar-refractivity contribution >= 4 is 11.8 Å². The van der Waals surface area contributed by atoms with Gasteiger partial charge in [-0.1, -0.05) is 48.5 Å². The number of fused-ring (bicyclic) bond motifs is 4. The molecule has 0 bridgehead atoms. The molecule has 0 saturated carbocycles. The van der Waals surface area contributed by atoms with Crippen LogP contribution in [0.3, 0.4) is 0 Å². The van der Waals surface area contributed by atoms with E-state index in [1.807, 2.05) is 92.5 Å². The molecule has 0 fully saturated rings. The van der Waals surface area contributed by atoms with Crippen LogP contribution in [0.1, 0.15) is 58.4 Å². The number of likely N-dealkylation sites (N-methyl/N-ethyl adjacent to an activating group) is 1. The number of carbonyl (C=O) groups is 2. The molecule has 2 aliphatic heterocycles. The highest BCUT2D eigenvalue weighted by atomic mass is 16.5. The van der Waals surface area contributed by atoms with Gasteiger partial charge in [0.05, 0.1) is 25.2 Å². The highest BCUT2D eigenvalue weighted by Gasteiger charge is 2.47. The van der Waals surface area contributed by atoms with E-state index in [9.17, 15) is 9.59 Å². The highest BCUT2D eigenvalue weighted by Crippen LogP contribution is 2.49. The lowest BCUT2D eigenvalue weighted by atomic mass is 9.75. The first-order chi connectivity index (χ1) is 17.5. The summed E-state index contributed by atoms with van der Waals surface area (Å²) in [5.74, 6) is 0.809. The van der Waals surface area contributed by atoms with Gasteiger partial charge in [-0.15, -0.1) is 0 Å². The summed E-state index contributed by atoms with van der Waals surface area (Å²) < 4.78 is 11.8. The lowest BCUT2D eigenvalue weighted by Crippen LogP contribution is -2.50. The molecule has 2 heterocycles. The minimum absolute atomic E-state index is 0.00602. The first-order valence-electron chi connectivity index (χ1n) is 12.6. The first kappa shape index (κ1) is 23.9. The largest absolute Gasteiger partial charge is 0.490 e. The average molecular weight is 485 g/mol. The molecule has 0 N–H and O–H groups in total. The van der Waals surface area contributed by atoms with Crippen LogP contribution in [0.4, 0.5) is 0 Å². The third-order valence-electron chi connectivity index (χ3n) is 7.09. The summed E-state index contributed by atoms with van der Waals surface area (Å²) in [4.78, 5) is 31.4. The van der Waals surface area contributed by atoms with Crippen LogP contribution in [0.5, 0.6) is 11.5 Å². The standard InChI is InChI=1S/C30H32N2O4/c1-4-35-25-17-21-15-16-32-28(24(21)18-26(25)36-5-2)27(22-13-9-10-14-23(22)29(32)33)30(34)31(3)19-20-11-7-6-8-12-20/h6-14,17-18,27-28H,4-5,15-16,19H2,1-3H3/t27-,28-/m0/s1. The number of nitrogens with zero attached hydrogens (tertiary/aromatic N) is 2. The summed E-state index contributed by atoms with van der Waals surface area (Å²) in [7, 11) is 1.84. The normalized spacial score (nSPS) is 18.1. The van der Waals surface area contributed by atoms with Crippen molar-refractivity contribution in [2.75, 3.05) is 26.8 Å². The van der Waals surface area contributed by atoms with Crippen LogP contribution >= 0.6 is 0 Å². The Bertz CT molecular complexity index is 1270. The van der Waals surface area contributed by atoms with Crippen molar-refractivity contribution in [2.24, 2.45) is 0 Å². The van der Waals surface area contributed by atoms with E-state index in [1.54, 1.807) is 4.90 Å². The number of benzene rings is 3. The van der Waals surface area contributed by atoms with Crippen LogP contribution in [-0.2, 0) is 17.8 Å². The number of carbonyl (C=O) groups excluding carboxylic acids is 2. The smallest absolute Gasteiger partial charge is 0.254 e. The van der Waals surface area contributed by atoms with Crippen molar-refractivity contribution in [1.82, 2.24) is 9.80 Å². The molecule has 2 amide bonds. The Hall–Kier alpha value is -3.80. The minimum Gasteiger partial charge on any atom is -0.490 e. The van der Waals surface area contributed by atoms with Crippen LogP contribution in [-0.4, -0.2) is 48.4 Å². The van der Waals surface area contributed by atoms with Crippen molar-refractivity contribution in [3.05, 3.63) is 94.5 Å². The lowest BCUT2D eigenvalue weighted by molar-refractivity contribution is -0.134. The molecule has 0 aliphatic carbocycles. The molecule has 0 unspecified atom stereocenters. The summed E-state index contributed by atoms with van der Waals surface area (Å²) >= 11 is 0. The second-order valence-corrected chi connectivity index (χ2v) is 9.30. The maximum absolute atomic E-state index is 14.1. The fraction of sp³-hybridized carbons (Fsp3) is 0.333. The predicted molar refractivity (Wildman–Crippen MR) is 138 cm³/mol. The third kappa shape index (κ3) is 4.21. The van der Waals surface area contributed by atoms with E-state index >= 15 is 0 Å². The summed E-state index contributed by atoms with van der Waals surface area (Å²) in [5.41, 5.74) is 4.52. The van der Waals surface area contributed by atoms with Gasteiger partial charge in [0, 0.05) is 25.7 Å². The second kappa shape index (κ2) is 10.1. The Labute approximate surface area is 212 Å². The molecule has 2 aliphatic rings. The summed E-state index contributed by atoms with van der Waals surface area (Å²) in [6.45, 7) is 5.97. The van der Waals surface area contributed by atoms with Gasteiger partial charge in [0.2, 0.25) is 5.91 Å². The molecule has 3 aromatic carbocycles. The van der Waals surface area contributed by atoms with E-state index in [-0.39, 0.29) is 11.8 Å². The lowest BCUT2D eigenvalue weighted by Gasteiger charge is -2.46. The molecule has 6 heteroatoms. The zero-order valence-corrected chi connectivity index (χ0v) is 21.1. The average Bonchev–Trinajstić information content (AvgIpc) is 2.90. The van der Waals surface area contributed by atoms with Crippen LogP contribution in [0, 0.1) is 0 Å². The molecule has 186 valence electrons. The zero-order valence-electron chi connectivity index (χ0n) is 21.1. The molecule has 3 aromatic rings. The van der Waals surface area contributed by atoms with Gasteiger partial charge in [-0.3, -0.25) is 9.59 Å². The molecule has 0 aromatic heterocycles. The van der Waals surface area contributed by atoms with E-state index in [4.69, 9.17) is 9.47 Å². The minimum atomic E-state index is -0.515. The van der Waals surface area contributed by atoms with Gasteiger partial charge in [0.1, 0.15) is 0 Å². The molecule has 2 atom stereocenters. The Morgan fingerprint density at radius 1 is 0.944 bits per heavy atom. The van der Waals surface area contributed by atoms with Crippen molar-refractivity contribution < 1.29 is 19.1 Å². The monoisotopic (exact) mass is 484 g/mol. The molecule has 36 heavy (non-hydrogen) atoms. The van der Waals surface area contributed by atoms with Gasteiger partial charge in [0.15, 0.2) is 11.5 Å². The number of hydrogen-bond acceptors (Lipinski definition) is 4. The first-order valence-corrected chi connectivity index (χ1v) is 12.6. The molecule has 0 saturated heterocycles. The fourth-order valence-electron chi connectivity index (χ4n) is 5.51. The van der Waals surface area contributed by atoms with E-state index in [1.165, 1.54) is 0 Å². The van der Waals surface area contributed by atoms with Crippen LogP contribution in [0.25, 0.3) is 0 Å². The van der Waals surface area contributed by atoms with Gasteiger partial charge >= 0.3 is 0 Å². The quantitative estimate of drug-likeness (QED) is 0.475. The zero-order chi connectivity index (χ0) is 25.2. The van der Waals surface area contributed by atoms with Gasteiger partial charge in [-0.25, -0.2) is 0 Å². The van der Waals surface area contributed by atoms with Crippen LogP contribution in [0.15, 0.2) is 66.7 Å². The predicted octanol–water partition coefficient (Wildman–Crippen LogP) is 4.98. The molecular weight excluding hydrogens is 452 g/mol. The molecule has 5 rings (SSSR count). The van der Waals surface area contributed by atoms with Crippen molar-refractivity contribution in [3.8, 4) is 11.5 Å².